The second kappa shape index (κ2) is 8.78. The van der Waals surface area contributed by atoms with E-state index in [9.17, 15) is 9.59 Å². The number of aryl methyl sites for hydroxylation is 1. The van der Waals surface area contributed by atoms with Gasteiger partial charge in [-0.05, 0) is 48.1 Å². The lowest BCUT2D eigenvalue weighted by molar-refractivity contribution is -0.129. The molecule has 1 N–H and O–H groups in total. The first-order valence-electron chi connectivity index (χ1n) is 10.5. The van der Waals surface area contributed by atoms with Crippen molar-refractivity contribution in [2.75, 3.05) is 27.3 Å². The lowest BCUT2D eigenvalue weighted by atomic mass is 10.0. The topological polar surface area (TPSA) is 67.9 Å². The van der Waals surface area contributed by atoms with Crippen LogP contribution in [0.2, 0.25) is 0 Å². The van der Waals surface area contributed by atoms with Crippen LogP contribution in [0.4, 0.5) is 0 Å². The average molecular weight is 408 g/mol. The molecule has 2 aromatic rings. The Labute approximate surface area is 177 Å². The maximum absolute atomic E-state index is 12.9. The molecule has 6 nitrogen and oxygen atoms in total. The van der Waals surface area contributed by atoms with Gasteiger partial charge in [0.15, 0.2) is 11.5 Å². The van der Waals surface area contributed by atoms with Crippen LogP contribution in [0.3, 0.4) is 0 Å². The lowest BCUT2D eigenvalue weighted by Crippen LogP contribution is -2.35. The van der Waals surface area contributed by atoms with Crippen molar-refractivity contribution in [1.82, 2.24) is 10.2 Å². The summed E-state index contributed by atoms with van der Waals surface area (Å²) >= 11 is 0. The second-order valence-electron chi connectivity index (χ2n) is 7.98. The maximum atomic E-state index is 12.9. The zero-order valence-corrected chi connectivity index (χ0v) is 17.5. The van der Waals surface area contributed by atoms with Crippen molar-refractivity contribution >= 4 is 11.8 Å². The van der Waals surface area contributed by atoms with Crippen molar-refractivity contribution < 1.29 is 19.1 Å². The third-order valence-corrected chi connectivity index (χ3v) is 6.14. The quantitative estimate of drug-likeness (QED) is 0.765. The number of likely N-dealkylation sites (tertiary alicyclic amines) is 1. The summed E-state index contributed by atoms with van der Waals surface area (Å²) < 4.78 is 10.8. The van der Waals surface area contributed by atoms with Crippen LogP contribution in [0.15, 0.2) is 42.5 Å². The van der Waals surface area contributed by atoms with E-state index in [1.165, 1.54) is 11.1 Å². The van der Waals surface area contributed by atoms with E-state index in [1.54, 1.807) is 14.2 Å². The zero-order valence-electron chi connectivity index (χ0n) is 17.5. The van der Waals surface area contributed by atoms with Gasteiger partial charge in [-0.25, -0.2) is 0 Å². The molecule has 4 rings (SSSR count). The minimum Gasteiger partial charge on any atom is -0.493 e. The Balaban J connectivity index is 1.37. The van der Waals surface area contributed by atoms with Crippen LogP contribution in [-0.4, -0.2) is 44.0 Å². The van der Waals surface area contributed by atoms with E-state index in [0.717, 1.165) is 24.8 Å². The van der Waals surface area contributed by atoms with Crippen molar-refractivity contribution in [1.29, 1.82) is 0 Å². The predicted octanol–water partition coefficient (Wildman–Crippen LogP) is 2.90. The van der Waals surface area contributed by atoms with E-state index >= 15 is 0 Å². The van der Waals surface area contributed by atoms with Crippen LogP contribution in [0, 0.1) is 5.92 Å². The summed E-state index contributed by atoms with van der Waals surface area (Å²) in [6, 6.07) is 14.0. The molecule has 2 aliphatic rings. The molecule has 6 heteroatoms. The largest absolute Gasteiger partial charge is 0.493 e. The SMILES string of the molecule is COc1cc2c(cc1OC)[C@H](NC(=O)[C@H]1CC(=O)N(CCc3ccccc3)C1)CC2. The fourth-order valence-electron chi connectivity index (χ4n) is 4.45. The Morgan fingerprint density at radius 1 is 1.13 bits per heavy atom. The fourth-order valence-corrected chi connectivity index (χ4v) is 4.45. The van der Waals surface area contributed by atoms with Gasteiger partial charge in [-0.2, -0.15) is 0 Å². The standard InChI is InChI=1S/C24H28N2O4/c1-29-21-12-17-8-9-20(19(17)14-22(21)30-2)25-24(28)18-13-23(27)26(15-18)11-10-16-6-4-3-5-7-16/h3-7,12,14,18,20H,8-11,13,15H2,1-2H3,(H,25,28)/t18-,20+/m0/s1. The molecular formula is C24H28N2O4. The van der Waals surface area contributed by atoms with Crippen LogP contribution < -0.4 is 14.8 Å². The molecule has 2 atom stereocenters. The zero-order chi connectivity index (χ0) is 21.1. The van der Waals surface area contributed by atoms with Gasteiger partial charge >= 0.3 is 0 Å². The first-order valence-corrected chi connectivity index (χ1v) is 10.5. The average Bonchev–Trinajstić information content (AvgIpc) is 3.34. The second-order valence-corrected chi connectivity index (χ2v) is 7.98. The van der Waals surface area contributed by atoms with Crippen LogP contribution in [0.25, 0.3) is 0 Å². The van der Waals surface area contributed by atoms with Crippen LogP contribution in [0.5, 0.6) is 11.5 Å². The summed E-state index contributed by atoms with van der Waals surface area (Å²) in [5.41, 5.74) is 3.45. The summed E-state index contributed by atoms with van der Waals surface area (Å²) in [4.78, 5) is 27.1. The molecule has 30 heavy (non-hydrogen) atoms. The third kappa shape index (κ3) is 4.13. The highest BCUT2D eigenvalue weighted by Crippen LogP contribution is 2.39. The van der Waals surface area contributed by atoms with Gasteiger partial charge < -0.3 is 19.7 Å². The van der Waals surface area contributed by atoms with Crippen LogP contribution >= 0.6 is 0 Å². The molecule has 0 spiro atoms. The first kappa shape index (κ1) is 20.3. The fraction of sp³-hybridized carbons (Fsp3) is 0.417. The highest BCUT2D eigenvalue weighted by molar-refractivity contribution is 5.89. The molecule has 0 unspecified atom stereocenters. The number of rotatable bonds is 7. The predicted molar refractivity (Wildman–Crippen MR) is 114 cm³/mol. The first-order chi connectivity index (χ1) is 14.6. The number of methoxy groups -OCH3 is 2. The van der Waals surface area contributed by atoms with Gasteiger partial charge in [0.1, 0.15) is 0 Å². The highest BCUT2D eigenvalue weighted by Gasteiger charge is 2.36. The van der Waals surface area contributed by atoms with E-state index in [0.29, 0.717) is 24.6 Å². The third-order valence-electron chi connectivity index (χ3n) is 6.14. The Kier molecular flexibility index (Phi) is 5.93. The molecule has 0 bridgehead atoms. The summed E-state index contributed by atoms with van der Waals surface area (Å²) in [6.07, 6.45) is 2.81. The van der Waals surface area contributed by atoms with E-state index in [4.69, 9.17) is 9.47 Å². The summed E-state index contributed by atoms with van der Waals surface area (Å²) in [5, 5.41) is 3.17. The van der Waals surface area contributed by atoms with Crippen molar-refractivity contribution in [3.63, 3.8) is 0 Å². The molecule has 158 valence electrons. The molecule has 1 saturated heterocycles. The van der Waals surface area contributed by atoms with Gasteiger partial charge in [-0.15, -0.1) is 0 Å². The molecule has 1 aliphatic carbocycles. The molecule has 0 saturated carbocycles. The van der Waals surface area contributed by atoms with Gasteiger partial charge in [-0.1, -0.05) is 30.3 Å². The Bertz CT molecular complexity index is 928. The van der Waals surface area contributed by atoms with Gasteiger partial charge in [0, 0.05) is 19.5 Å². The molecule has 1 fully saturated rings. The van der Waals surface area contributed by atoms with E-state index in [1.807, 2.05) is 35.2 Å². The molecule has 1 heterocycles. The monoisotopic (exact) mass is 408 g/mol. The van der Waals surface area contributed by atoms with E-state index in [-0.39, 0.29) is 30.2 Å². The molecule has 1 aliphatic heterocycles. The number of hydrogen-bond donors (Lipinski definition) is 1. The number of carbonyl (C=O) groups excluding carboxylic acids is 2. The van der Waals surface area contributed by atoms with Gasteiger partial charge in [0.2, 0.25) is 11.8 Å². The lowest BCUT2D eigenvalue weighted by Gasteiger charge is -2.19. The number of nitrogens with zero attached hydrogens (tertiary/aromatic N) is 1. The molecule has 2 aromatic carbocycles. The molecule has 0 radical (unpaired) electrons. The maximum Gasteiger partial charge on any atom is 0.225 e. The highest BCUT2D eigenvalue weighted by atomic mass is 16.5. The minimum atomic E-state index is -0.294. The molecule has 2 amide bonds. The number of benzene rings is 2. The van der Waals surface area contributed by atoms with Gasteiger partial charge in [0.25, 0.3) is 0 Å². The number of hydrogen-bond acceptors (Lipinski definition) is 4. The van der Waals surface area contributed by atoms with Gasteiger partial charge in [-0.3, -0.25) is 9.59 Å². The van der Waals surface area contributed by atoms with Crippen LogP contribution in [-0.2, 0) is 22.4 Å². The number of fused-ring (bicyclic) bond motifs is 1. The van der Waals surface area contributed by atoms with Crippen molar-refractivity contribution in [2.45, 2.75) is 31.7 Å². The molecule has 0 aromatic heterocycles. The smallest absolute Gasteiger partial charge is 0.225 e. The Morgan fingerprint density at radius 2 is 1.87 bits per heavy atom. The Hall–Kier alpha value is -3.02. The number of ether oxygens (including phenoxy) is 2. The van der Waals surface area contributed by atoms with Crippen molar-refractivity contribution in [3.8, 4) is 11.5 Å². The van der Waals surface area contributed by atoms with Gasteiger partial charge in [0.05, 0.1) is 26.2 Å². The number of carbonyl (C=O) groups is 2. The van der Waals surface area contributed by atoms with E-state index < -0.39 is 0 Å². The van der Waals surface area contributed by atoms with Crippen molar-refractivity contribution in [3.05, 3.63) is 59.2 Å². The van der Waals surface area contributed by atoms with Crippen molar-refractivity contribution in [2.24, 2.45) is 5.92 Å². The van der Waals surface area contributed by atoms with E-state index in [2.05, 4.69) is 17.4 Å². The normalized spacial score (nSPS) is 20.2. The molecular weight excluding hydrogens is 380 g/mol. The Morgan fingerprint density at radius 3 is 2.60 bits per heavy atom. The summed E-state index contributed by atoms with van der Waals surface area (Å²) in [7, 11) is 3.24. The minimum absolute atomic E-state index is 0.0433. The number of amides is 2. The van der Waals surface area contributed by atoms with Crippen LogP contribution in [0.1, 0.15) is 35.6 Å². The summed E-state index contributed by atoms with van der Waals surface area (Å²) in [6.45, 7) is 1.14. The number of nitrogens with one attached hydrogen (secondary N) is 1. The summed E-state index contributed by atoms with van der Waals surface area (Å²) in [5.74, 6) is 1.10.